The first-order valence-electron chi connectivity index (χ1n) is 11.2. The second kappa shape index (κ2) is 8.57. The minimum absolute atomic E-state index is 0.00255. The van der Waals surface area contributed by atoms with Gasteiger partial charge < -0.3 is 19.8 Å². The molecule has 0 unspecified atom stereocenters. The molecule has 0 radical (unpaired) electrons. The van der Waals surface area contributed by atoms with Crippen molar-refractivity contribution >= 4 is 22.7 Å². The summed E-state index contributed by atoms with van der Waals surface area (Å²) in [6.07, 6.45) is 7.42. The van der Waals surface area contributed by atoms with Crippen LogP contribution in [-0.2, 0) is 17.8 Å². The molecule has 9 heteroatoms. The molecule has 3 aromatic rings. The lowest BCUT2D eigenvalue weighted by Crippen LogP contribution is -2.41. The van der Waals surface area contributed by atoms with E-state index in [1.807, 2.05) is 6.07 Å². The van der Waals surface area contributed by atoms with Gasteiger partial charge in [-0.05, 0) is 37.8 Å². The Morgan fingerprint density at radius 2 is 1.97 bits per heavy atom. The summed E-state index contributed by atoms with van der Waals surface area (Å²) in [5.41, 5.74) is 0.309. The number of aromatic amines is 1. The number of aryl methyl sites for hydroxylation is 1. The number of aromatic nitrogens is 4. The third-order valence-electron chi connectivity index (χ3n) is 6.44. The molecule has 1 fully saturated rings. The van der Waals surface area contributed by atoms with Crippen LogP contribution in [0, 0.1) is 0 Å². The van der Waals surface area contributed by atoms with E-state index in [4.69, 9.17) is 0 Å². The fraction of sp³-hybridized carbons (Fsp3) is 0.435. The Hall–Kier alpha value is -3.49. The molecule has 0 saturated carbocycles. The molecule has 32 heavy (non-hydrogen) atoms. The van der Waals surface area contributed by atoms with Crippen LogP contribution >= 0.6 is 0 Å². The number of nitrogens with one attached hydrogen (secondary N) is 2. The molecule has 5 rings (SSSR count). The number of benzene rings is 1. The standard InChI is InChI=1S/C23H26N6O3/c30-20(14-25-23(32)16-13-24-17-8-4-3-7-15(17)21(16)31)28-12-6-9-18(28)22-27-26-19-10-2-1-5-11-29(19)22/h3-4,7-8,13,18H,1-2,5-6,9-12,14H2,(H,24,31)(H,25,32)/t18-/m1/s1. The Kier molecular flexibility index (Phi) is 5.46. The molecule has 0 spiro atoms. The Morgan fingerprint density at radius 1 is 1.09 bits per heavy atom. The topological polar surface area (TPSA) is 113 Å². The van der Waals surface area contributed by atoms with Crippen LogP contribution in [0.15, 0.2) is 35.3 Å². The Bertz CT molecular complexity index is 1230. The summed E-state index contributed by atoms with van der Waals surface area (Å²) in [5.74, 6) is 1.12. The number of nitrogens with zero attached hydrogens (tertiary/aromatic N) is 4. The van der Waals surface area contributed by atoms with Crippen molar-refractivity contribution in [3.63, 3.8) is 0 Å². The predicted octanol–water partition coefficient (Wildman–Crippen LogP) is 1.94. The lowest BCUT2D eigenvalue weighted by Gasteiger charge is -2.25. The molecule has 1 saturated heterocycles. The molecule has 2 aliphatic heterocycles. The van der Waals surface area contributed by atoms with Crippen molar-refractivity contribution in [2.75, 3.05) is 13.1 Å². The number of carbonyl (C=O) groups excluding carboxylic acids is 2. The van der Waals surface area contributed by atoms with E-state index < -0.39 is 5.91 Å². The van der Waals surface area contributed by atoms with Crippen LogP contribution in [0.3, 0.4) is 0 Å². The van der Waals surface area contributed by atoms with Gasteiger partial charge >= 0.3 is 0 Å². The summed E-state index contributed by atoms with van der Waals surface area (Å²) >= 11 is 0. The van der Waals surface area contributed by atoms with Crippen molar-refractivity contribution in [1.82, 2.24) is 30.0 Å². The van der Waals surface area contributed by atoms with Crippen LogP contribution in [-0.4, -0.2) is 49.6 Å². The van der Waals surface area contributed by atoms with E-state index in [-0.39, 0.29) is 29.5 Å². The van der Waals surface area contributed by atoms with Gasteiger partial charge in [0, 0.05) is 36.6 Å². The highest BCUT2D eigenvalue weighted by atomic mass is 16.2. The largest absolute Gasteiger partial charge is 0.360 e. The highest BCUT2D eigenvalue weighted by Crippen LogP contribution is 2.32. The summed E-state index contributed by atoms with van der Waals surface area (Å²) in [6, 6.07) is 6.90. The zero-order valence-corrected chi connectivity index (χ0v) is 17.8. The summed E-state index contributed by atoms with van der Waals surface area (Å²) in [6.45, 7) is 1.35. The number of hydrogen-bond donors (Lipinski definition) is 2. The summed E-state index contributed by atoms with van der Waals surface area (Å²) in [4.78, 5) is 43.0. The predicted molar refractivity (Wildman–Crippen MR) is 118 cm³/mol. The number of H-pyrrole nitrogens is 1. The number of hydrogen-bond acceptors (Lipinski definition) is 5. The second-order valence-corrected chi connectivity index (χ2v) is 8.44. The van der Waals surface area contributed by atoms with Crippen molar-refractivity contribution in [3.05, 3.63) is 57.9 Å². The van der Waals surface area contributed by atoms with Crippen molar-refractivity contribution < 1.29 is 9.59 Å². The van der Waals surface area contributed by atoms with Crippen molar-refractivity contribution in [3.8, 4) is 0 Å². The van der Waals surface area contributed by atoms with E-state index in [0.717, 1.165) is 50.3 Å². The molecule has 1 aromatic carbocycles. The van der Waals surface area contributed by atoms with Gasteiger partial charge in [0.2, 0.25) is 11.3 Å². The van der Waals surface area contributed by atoms with E-state index in [1.165, 1.54) is 12.6 Å². The lowest BCUT2D eigenvalue weighted by molar-refractivity contribution is -0.131. The number of fused-ring (bicyclic) bond motifs is 2. The van der Waals surface area contributed by atoms with Gasteiger partial charge in [-0.2, -0.15) is 0 Å². The van der Waals surface area contributed by atoms with Crippen LogP contribution in [0.2, 0.25) is 0 Å². The van der Waals surface area contributed by atoms with E-state index in [1.54, 1.807) is 23.1 Å². The number of amides is 2. The molecular formula is C23H26N6O3. The molecule has 1 atom stereocenters. The SMILES string of the molecule is O=C(NCC(=O)N1CCC[C@@H]1c1nnc2n1CCCCC2)c1c[nH]c2ccccc2c1=O. The highest BCUT2D eigenvalue weighted by Gasteiger charge is 2.34. The van der Waals surface area contributed by atoms with E-state index >= 15 is 0 Å². The molecule has 4 heterocycles. The number of carbonyl (C=O) groups is 2. The number of pyridine rings is 1. The Labute approximate surface area is 184 Å². The van der Waals surface area contributed by atoms with Gasteiger partial charge in [0.1, 0.15) is 11.4 Å². The van der Waals surface area contributed by atoms with Crippen molar-refractivity contribution in [2.45, 2.75) is 51.1 Å². The first kappa shape index (κ1) is 20.4. The van der Waals surface area contributed by atoms with Gasteiger partial charge in [-0.1, -0.05) is 18.6 Å². The normalized spacial score (nSPS) is 18.4. The number of para-hydroxylation sites is 1. The monoisotopic (exact) mass is 434 g/mol. The zero-order valence-electron chi connectivity index (χ0n) is 17.8. The maximum atomic E-state index is 13.0. The highest BCUT2D eigenvalue weighted by molar-refractivity contribution is 5.98. The average Bonchev–Trinajstić information content (AvgIpc) is 3.38. The van der Waals surface area contributed by atoms with Crippen LogP contribution in [0.5, 0.6) is 0 Å². The van der Waals surface area contributed by atoms with Gasteiger partial charge in [0.05, 0.1) is 12.6 Å². The van der Waals surface area contributed by atoms with Gasteiger partial charge in [0.25, 0.3) is 5.91 Å². The molecule has 2 aromatic heterocycles. The Balaban J connectivity index is 1.29. The summed E-state index contributed by atoms with van der Waals surface area (Å²) < 4.78 is 2.18. The zero-order chi connectivity index (χ0) is 22.1. The van der Waals surface area contributed by atoms with Crippen molar-refractivity contribution in [1.29, 1.82) is 0 Å². The smallest absolute Gasteiger partial charge is 0.257 e. The third kappa shape index (κ3) is 3.68. The van der Waals surface area contributed by atoms with E-state index in [2.05, 4.69) is 25.1 Å². The first-order chi connectivity index (χ1) is 15.6. The molecule has 2 aliphatic rings. The lowest BCUT2D eigenvalue weighted by atomic mass is 10.1. The van der Waals surface area contributed by atoms with Crippen LogP contribution in [0.4, 0.5) is 0 Å². The number of rotatable bonds is 4. The fourth-order valence-electron chi connectivity index (χ4n) is 4.78. The van der Waals surface area contributed by atoms with Crippen molar-refractivity contribution in [2.24, 2.45) is 0 Å². The minimum Gasteiger partial charge on any atom is -0.360 e. The molecule has 2 amide bonds. The third-order valence-corrected chi connectivity index (χ3v) is 6.44. The van der Waals surface area contributed by atoms with Crippen LogP contribution in [0.25, 0.3) is 10.9 Å². The quantitative estimate of drug-likeness (QED) is 0.652. The van der Waals surface area contributed by atoms with Gasteiger partial charge in [-0.25, -0.2) is 0 Å². The molecule has 0 aliphatic carbocycles. The maximum absolute atomic E-state index is 13.0. The molecule has 166 valence electrons. The van der Waals surface area contributed by atoms with Crippen LogP contribution in [0.1, 0.15) is 60.2 Å². The van der Waals surface area contributed by atoms with E-state index in [0.29, 0.717) is 17.4 Å². The van der Waals surface area contributed by atoms with Gasteiger partial charge in [-0.3, -0.25) is 14.4 Å². The van der Waals surface area contributed by atoms with E-state index in [9.17, 15) is 14.4 Å². The average molecular weight is 435 g/mol. The summed E-state index contributed by atoms with van der Waals surface area (Å²) in [5, 5.41) is 11.9. The second-order valence-electron chi connectivity index (χ2n) is 8.44. The first-order valence-corrected chi connectivity index (χ1v) is 11.2. The number of likely N-dealkylation sites (tertiary alicyclic amines) is 1. The Morgan fingerprint density at radius 3 is 2.88 bits per heavy atom. The van der Waals surface area contributed by atoms with Crippen LogP contribution < -0.4 is 10.7 Å². The summed E-state index contributed by atoms with van der Waals surface area (Å²) in [7, 11) is 0. The fourth-order valence-corrected chi connectivity index (χ4v) is 4.78. The molecule has 0 bridgehead atoms. The maximum Gasteiger partial charge on any atom is 0.257 e. The molecular weight excluding hydrogens is 408 g/mol. The minimum atomic E-state index is -0.558. The molecule has 9 nitrogen and oxygen atoms in total. The van der Waals surface area contributed by atoms with Gasteiger partial charge in [0.15, 0.2) is 5.82 Å². The van der Waals surface area contributed by atoms with Gasteiger partial charge in [-0.15, -0.1) is 10.2 Å². The molecule has 2 N–H and O–H groups in total.